The van der Waals surface area contributed by atoms with E-state index in [0.717, 1.165) is 4.31 Å². The van der Waals surface area contributed by atoms with Gasteiger partial charge in [0.15, 0.2) is 5.82 Å². The van der Waals surface area contributed by atoms with E-state index in [4.69, 9.17) is 9.26 Å². The van der Waals surface area contributed by atoms with E-state index in [0.29, 0.717) is 17.4 Å². The van der Waals surface area contributed by atoms with Crippen LogP contribution in [0.4, 0.5) is 5.69 Å². The summed E-state index contributed by atoms with van der Waals surface area (Å²) in [5.41, 5.74) is 0.606. The Bertz CT molecular complexity index is 786. The molecule has 0 radical (unpaired) electrons. The lowest BCUT2D eigenvalue weighted by atomic mass is 10.2. The van der Waals surface area contributed by atoms with Crippen molar-refractivity contribution in [2.24, 2.45) is 0 Å². The molecule has 1 N–H and O–H groups in total. The normalized spacial score (nSPS) is 13.1. The van der Waals surface area contributed by atoms with E-state index in [-0.39, 0.29) is 16.7 Å². The Labute approximate surface area is 135 Å². The molecule has 23 heavy (non-hydrogen) atoms. The van der Waals surface area contributed by atoms with Crippen molar-refractivity contribution in [3.05, 3.63) is 29.9 Å². The number of hydrogen-bond donors (Lipinski definition) is 1. The van der Waals surface area contributed by atoms with Gasteiger partial charge in [0.05, 0.1) is 7.11 Å². The van der Waals surface area contributed by atoms with Crippen molar-refractivity contribution in [3.8, 4) is 5.75 Å². The fourth-order valence-corrected chi connectivity index (χ4v) is 3.04. The number of ether oxygens (including phenoxy) is 1. The first kappa shape index (κ1) is 17.2. The van der Waals surface area contributed by atoms with Crippen LogP contribution in [0.25, 0.3) is 0 Å². The van der Waals surface area contributed by atoms with E-state index < -0.39 is 10.0 Å². The number of sulfonamides is 1. The predicted octanol–water partition coefficient (Wildman–Crippen LogP) is 1.81. The number of benzene rings is 1. The molecule has 8 nitrogen and oxygen atoms in total. The molecule has 1 aromatic heterocycles. The second-order valence-corrected chi connectivity index (χ2v) is 7.32. The minimum atomic E-state index is -3.62. The van der Waals surface area contributed by atoms with Gasteiger partial charge >= 0.3 is 0 Å². The third-order valence-electron chi connectivity index (χ3n) is 3.22. The molecule has 126 valence electrons. The molecule has 1 heterocycles. The summed E-state index contributed by atoms with van der Waals surface area (Å²) >= 11 is 0. The van der Waals surface area contributed by atoms with Crippen molar-refractivity contribution in [2.75, 3.05) is 26.5 Å². The highest BCUT2D eigenvalue weighted by atomic mass is 32.2. The average molecular weight is 340 g/mol. The first-order valence-corrected chi connectivity index (χ1v) is 8.37. The minimum absolute atomic E-state index is 0.0870. The maximum atomic E-state index is 12.4. The van der Waals surface area contributed by atoms with Crippen molar-refractivity contribution in [1.82, 2.24) is 14.4 Å². The molecule has 9 heteroatoms. The zero-order chi connectivity index (χ0) is 17.2. The summed E-state index contributed by atoms with van der Waals surface area (Å²) in [4.78, 5) is 4.24. The summed E-state index contributed by atoms with van der Waals surface area (Å²) in [6.45, 7) is 3.58. The minimum Gasteiger partial charge on any atom is -0.495 e. The van der Waals surface area contributed by atoms with E-state index >= 15 is 0 Å². The Morgan fingerprint density at radius 3 is 2.57 bits per heavy atom. The lowest BCUT2D eigenvalue weighted by molar-refractivity contribution is 0.364. The van der Waals surface area contributed by atoms with Crippen molar-refractivity contribution >= 4 is 15.7 Å². The third-order valence-corrected chi connectivity index (χ3v) is 5.06. The molecular formula is C14H20N4O4S. The Balaban J connectivity index is 2.34. The molecule has 0 saturated heterocycles. The lowest BCUT2D eigenvalue weighted by Crippen LogP contribution is -2.23. The zero-order valence-electron chi connectivity index (χ0n) is 13.7. The summed E-state index contributed by atoms with van der Waals surface area (Å²) < 4.78 is 36.2. The summed E-state index contributed by atoms with van der Waals surface area (Å²) in [5, 5.41) is 6.88. The molecule has 0 aliphatic rings. The van der Waals surface area contributed by atoms with Crippen LogP contribution in [0.3, 0.4) is 0 Å². The van der Waals surface area contributed by atoms with E-state index in [1.165, 1.54) is 27.3 Å². The highest BCUT2D eigenvalue weighted by Gasteiger charge is 2.23. The van der Waals surface area contributed by atoms with Crippen LogP contribution < -0.4 is 10.1 Å². The molecular weight excluding hydrogens is 320 g/mol. The largest absolute Gasteiger partial charge is 0.495 e. The molecule has 0 aliphatic heterocycles. The maximum Gasteiger partial charge on any atom is 0.248 e. The van der Waals surface area contributed by atoms with Gasteiger partial charge < -0.3 is 14.6 Å². The van der Waals surface area contributed by atoms with Gasteiger partial charge in [-0.1, -0.05) is 5.16 Å². The fourth-order valence-electron chi connectivity index (χ4n) is 1.97. The van der Waals surface area contributed by atoms with Gasteiger partial charge in [-0.3, -0.25) is 0 Å². The highest BCUT2D eigenvalue weighted by Crippen LogP contribution is 2.30. The third kappa shape index (κ3) is 3.62. The molecule has 0 saturated carbocycles. The maximum absolute atomic E-state index is 12.4. The lowest BCUT2D eigenvalue weighted by Gasteiger charge is -2.17. The number of nitrogens with one attached hydrogen (secondary N) is 1. The van der Waals surface area contributed by atoms with Crippen molar-refractivity contribution < 1.29 is 17.7 Å². The second kappa shape index (κ2) is 6.55. The number of nitrogens with zero attached hydrogens (tertiary/aromatic N) is 3. The second-order valence-electron chi connectivity index (χ2n) is 5.20. The van der Waals surface area contributed by atoms with Gasteiger partial charge in [0.1, 0.15) is 16.7 Å². The smallest absolute Gasteiger partial charge is 0.248 e. The van der Waals surface area contributed by atoms with Crippen LogP contribution in [0.15, 0.2) is 27.6 Å². The molecule has 1 aromatic carbocycles. The molecule has 2 aromatic rings. The molecule has 0 aliphatic carbocycles. The van der Waals surface area contributed by atoms with Crippen molar-refractivity contribution in [2.45, 2.75) is 24.8 Å². The van der Waals surface area contributed by atoms with E-state index in [9.17, 15) is 8.42 Å². The number of aryl methyl sites for hydroxylation is 1. The first-order chi connectivity index (χ1) is 10.8. The molecule has 1 atom stereocenters. The van der Waals surface area contributed by atoms with Crippen LogP contribution in [0.2, 0.25) is 0 Å². The van der Waals surface area contributed by atoms with Gasteiger partial charge in [-0.05, 0) is 32.0 Å². The monoisotopic (exact) mass is 340 g/mol. The van der Waals surface area contributed by atoms with Crippen molar-refractivity contribution in [3.63, 3.8) is 0 Å². The van der Waals surface area contributed by atoms with Gasteiger partial charge in [-0.15, -0.1) is 0 Å². The number of aromatic nitrogens is 2. The van der Waals surface area contributed by atoms with Crippen molar-refractivity contribution in [1.29, 1.82) is 0 Å². The molecule has 1 unspecified atom stereocenters. The van der Waals surface area contributed by atoms with E-state index in [2.05, 4.69) is 15.5 Å². The van der Waals surface area contributed by atoms with Crippen LogP contribution >= 0.6 is 0 Å². The van der Waals surface area contributed by atoms with Gasteiger partial charge in [-0.25, -0.2) is 12.7 Å². The molecule has 0 fully saturated rings. The Morgan fingerprint density at radius 1 is 1.35 bits per heavy atom. The van der Waals surface area contributed by atoms with Gasteiger partial charge in [0.25, 0.3) is 0 Å². The van der Waals surface area contributed by atoms with Crippen LogP contribution in [-0.2, 0) is 10.0 Å². The highest BCUT2D eigenvalue weighted by molar-refractivity contribution is 7.89. The molecule has 0 amide bonds. The quantitative estimate of drug-likeness (QED) is 0.856. The molecule has 0 spiro atoms. The van der Waals surface area contributed by atoms with Crippen LogP contribution in [0, 0.1) is 6.92 Å². The topological polar surface area (TPSA) is 97.6 Å². The van der Waals surface area contributed by atoms with E-state index in [1.807, 2.05) is 6.92 Å². The first-order valence-electron chi connectivity index (χ1n) is 6.93. The number of rotatable bonds is 6. The molecule has 0 bridgehead atoms. The molecule has 2 rings (SSSR count). The number of methoxy groups -OCH3 is 1. The Hall–Kier alpha value is -2.13. The number of hydrogen-bond acceptors (Lipinski definition) is 7. The Kier molecular flexibility index (Phi) is 4.90. The van der Waals surface area contributed by atoms with Crippen LogP contribution in [0.5, 0.6) is 5.75 Å². The SMILES string of the molecule is COc1ccc(NC(C)c2nc(C)no2)cc1S(=O)(=O)N(C)C. The predicted molar refractivity (Wildman–Crippen MR) is 84.9 cm³/mol. The van der Waals surface area contributed by atoms with Gasteiger partial charge in [0.2, 0.25) is 15.9 Å². The summed E-state index contributed by atoms with van der Waals surface area (Å²) in [6.07, 6.45) is 0. The Morgan fingerprint density at radius 2 is 2.04 bits per heavy atom. The van der Waals surface area contributed by atoms with Gasteiger partial charge in [0, 0.05) is 19.8 Å². The summed E-state index contributed by atoms with van der Waals surface area (Å²) in [6, 6.07) is 4.59. The van der Waals surface area contributed by atoms with Crippen LogP contribution in [0.1, 0.15) is 24.7 Å². The average Bonchev–Trinajstić information content (AvgIpc) is 2.93. The van der Waals surface area contributed by atoms with E-state index in [1.54, 1.807) is 19.1 Å². The standard InChI is InChI=1S/C14H20N4O4S/c1-9(14-16-10(2)17-22-14)15-11-6-7-12(21-5)13(8-11)23(19,20)18(3)4/h6-9,15H,1-5H3. The summed E-state index contributed by atoms with van der Waals surface area (Å²) in [5.74, 6) is 1.25. The zero-order valence-corrected chi connectivity index (χ0v) is 14.5. The van der Waals surface area contributed by atoms with Gasteiger partial charge in [-0.2, -0.15) is 4.98 Å². The number of anilines is 1. The fraction of sp³-hybridized carbons (Fsp3) is 0.429. The summed E-state index contributed by atoms with van der Waals surface area (Å²) in [7, 11) is 0.752. The van der Waals surface area contributed by atoms with Crippen LogP contribution in [-0.4, -0.2) is 44.1 Å².